The zero-order valence-electron chi connectivity index (χ0n) is 15.9. The lowest BCUT2D eigenvalue weighted by molar-refractivity contribution is -0.112. The molecule has 0 aliphatic carbocycles. The third-order valence-electron chi connectivity index (χ3n) is 3.93. The summed E-state index contributed by atoms with van der Waals surface area (Å²) in [6, 6.07) is 16.5. The van der Waals surface area contributed by atoms with E-state index in [4.69, 9.17) is 9.47 Å². The van der Waals surface area contributed by atoms with Crippen molar-refractivity contribution >= 4 is 11.6 Å². The maximum Gasteiger partial charge on any atom is 0.267 e. The SMILES string of the molecule is COc1ccc(NC(=O)/C(C#N)=C\N(CCO)Cc2ccccc2)cc1OC. The molecule has 7 nitrogen and oxygen atoms in total. The largest absolute Gasteiger partial charge is 0.493 e. The van der Waals surface area contributed by atoms with E-state index >= 15 is 0 Å². The standard InChI is InChI=1S/C21H23N3O4/c1-27-19-9-8-18(12-20(19)28-2)23-21(26)17(13-22)15-24(10-11-25)14-16-6-4-3-5-7-16/h3-9,12,15,25H,10-11,14H2,1-2H3,(H,23,26)/b17-15-. The van der Waals surface area contributed by atoms with Crippen LogP contribution in [-0.4, -0.2) is 43.3 Å². The molecule has 146 valence electrons. The summed E-state index contributed by atoms with van der Waals surface area (Å²) in [7, 11) is 3.02. The lowest BCUT2D eigenvalue weighted by Crippen LogP contribution is -2.24. The van der Waals surface area contributed by atoms with Crippen molar-refractivity contribution in [2.24, 2.45) is 0 Å². The minimum atomic E-state index is -0.550. The fourth-order valence-corrected chi connectivity index (χ4v) is 2.57. The highest BCUT2D eigenvalue weighted by molar-refractivity contribution is 6.06. The van der Waals surface area contributed by atoms with Crippen LogP contribution >= 0.6 is 0 Å². The highest BCUT2D eigenvalue weighted by atomic mass is 16.5. The molecule has 0 aromatic heterocycles. The molecule has 2 aromatic rings. The summed E-state index contributed by atoms with van der Waals surface area (Å²) in [5, 5.41) is 21.4. The summed E-state index contributed by atoms with van der Waals surface area (Å²) in [6.07, 6.45) is 1.46. The Bertz CT molecular complexity index is 860. The second kappa shape index (κ2) is 10.6. The molecule has 0 saturated carbocycles. The number of rotatable bonds is 9. The molecule has 1 amide bonds. The zero-order valence-corrected chi connectivity index (χ0v) is 15.9. The third kappa shape index (κ3) is 5.76. The number of nitrogens with zero attached hydrogens (tertiary/aromatic N) is 2. The number of carbonyl (C=O) groups excluding carboxylic acids is 1. The lowest BCUT2D eigenvalue weighted by atomic mass is 10.2. The van der Waals surface area contributed by atoms with Crippen molar-refractivity contribution < 1.29 is 19.4 Å². The smallest absolute Gasteiger partial charge is 0.267 e. The van der Waals surface area contributed by atoms with Crippen LogP contribution in [-0.2, 0) is 11.3 Å². The Labute approximate surface area is 164 Å². The Morgan fingerprint density at radius 2 is 1.89 bits per heavy atom. The van der Waals surface area contributed by atoms with Crippen LogP contribution in [0.25, 0.3) is 0 Å². The molecule has 2 N–H and O–H groups in total. The molecule has 0 unspecified atom stereocenters. The molecule has 0 atom stereocenters. The van der Waals surface area contributed by atoms with Gasteiger partial charge in [-0.2, -0.15) is 5.26 Å². The quantitative estimate of drug-likeness (QED) is 0.512. The molecule has 0 aliphatic heterocycles. The van der Waals surface area contributed by atoms with E-state index in [0.29, 0.717) is 30.3 Å². The first kappa shape index (κ1) is 20.8. The van der Waals surface area contributed by atoms with E-state index in [1.807, 2.05) is 36.4 Å². The van der Waals surface area contributed by atoms with Gasteiger partial charge >= 0.3 is 0 Å². The number of methoxy groups -OCH3 is 2. The average Bonchev–Trinajstić information content (AvgIpc) is 2.72. The van der Waals surface area contributed by atoms with Gasteiger partial charge in [0.15, 0.2) is 11.5 Å². The van der Waals surface area contributed by atoms with Crippen LogP contribution in [0, 0.1) is 11.3 Å². The molecule has 0 aliphatic rings. The maximum absolute atomic E-state index is 12.5. The third-order valence-corrected chi connectivity index (χ3v) is 3.93. The van der Waals surface area contributed by atoms with Gasteiger partial charge in [0.05, 0.1) is 20.8 Å². The van der Waals surface area contributed by atoms with Crippen LogP contribution in [0.1, 0.15) is 5.56 Å². The van der Waals surface area contributed by atoms with Crippen LogP contribution in [0.2, 0.25) is 0 Å². The number of aliphatic hydroxyl groups is 1. The van der Waals surface area contributed by atoms with Gasteiger partial charge in [0.1, 0.15) is 11.6 Å². The van der Waals surface area contributed by atoms with Gasteiger partial charge in [0, 0.05) is 31.0 Å². The van der Waals surface area contributed by atoms with E-state index < -0.39 is 5.91 Å². The Kier molecular flexibility index (Phi) is 7.88. The zero-order chi connectivity index (χ0) is 20.4. The van der Waals surface area contributed by atoms with Gasteiger partial charge in [0.25, 0.3) is 5.91 Å². The van der Waals surface area contributed by atoms with Crippen molar-refractivity contribution in [3.8, 4) is 17.6 Å². The first-order valence-corrected chi connectivity index (χ1v) is 8.65. The predicted molar refractivity (Wildman–Crippen MR) is 106 cm³/mol. The van der Waals surface area contributed by atoms with Crippen molar-refractivity contribution in [1.29, 1.82) is 5.26 Å². The van der Waals surface area contributed by atoms with Gasteiger partial charge < -0.3 is 24.8 Å². The minimum absolute atomic E-state index is 0.0702. The molecule has 0 heterocycles. The van der Waals surface area contributed by atoms with E-state index in [9.17, 15) is 15.2 Å². The topological polar surface area (TPSA) is 94.8 Å². The summed E-state index contributed by atoms with van der Waals surface area (Å²) in [4.78, 5) is 14.3. The highest BCUT2D eigenvalue weighted by Gasteiger charge is 2.13. The van der Waals surface area contributed by atoms with Crippen LogP contribution in [0.15, 0.2) is 60.3 Å². The van der Waals surface area contributed by atoms with Gasteiger partial charge in [-0.25, -0.2) is 0 Å². The van der Waals surface area contributed by atoms with Crippen molar-refractivity contribution in [3.63, 3.8) is 0 Å². The van der Waals surface area contributed by atoms with Crippen LogP contribution < -0.4 is 14.8 Å². The Balaban J connectivity index is 2.17. The molecule has 7 heteroatoms. The molecule has 2 rings (SSSR count). The van der Waals surface area contributed by atoms with Crippen molar-refractivity contribution in [1.82, 2.24) is 4.90 Å². The molecule has 0 saturated heterocycles. The number of hydrogen-bond donors (Lipinski definition) is 2. The molecular formula is C21H23N3O4. The number of amides is 1. The second-order valence-corrected chi connectivity index (χ2v) is 5.86. The van der Waals surface area contributed by atoms with Gasteiger partial charge in [-0.05, 0) is 17.7 Å². The van der Waals surface area contributed by atoms with E-state index in [1.165, 1.54) is 20.4 Å². The molecule has 2 aromatic carbocycles. The molecular weight excluding hydrogens is 358 g/mol. The number of hydrogen-bond acceptors (Lipinski definition) is 6. The highest BCUT2D eigenvalue weighted by Crippen LogP contribution is 2.29. The minimum Gasteiger partial charge on any atom is -0.493 e. The van der Waals surface area contributed by atoms with Crippen molar-refractivity contribution in [2.75, 3.05) is 32.7 Å². The van der Waals surface area contributed by atoms with Crippen molar-refractivity contribution in [3.05, 3.63) is 65.9 Å². The van der Waals surface area contributed by atoms with E-state index in [1.54, 1.807) is 23.1 Å². The monoisotopic (exact) mass is 381 g/mol. The van der Waals surface area contributed by atoms with E-state index in [0.717, 1.165) is 5.56 Å². The number of benzene rings is 2. The maximum atomic E-state index is 12.5. The molecule has 0 bridgehead atoms. The van der Waals surface area contributed by atoms with Crippen molar-refractivity contribution in [2.45, 2.75) is 6.54 Å². The average molecular weight is 381 g/mol. The number of nitriles is 1. The Hall–Kier alpha value is -3.50. The summed E-state index contributed by atoms with van der Waals surface area (Å²) in [5.74, 6) is 0.452. The number of nitrogens with one attached hydrogen (secondary N) is 1. The summed E-state index contributed by atoms with van der Waals surface area (Å²) in [6.45, 7) is 0.666. The first-order chi connectivity index (χ1) is 13.6. The van der Waals surface area contributed by atoms with Crippen LogP contribution in [0.5, 0.6) is 11.5 Å². The van der Waals surface area contributed by atoms with Gasteiger partial charge in [-0.15, -0.1) is 0 Å². The summed E-state index contributed by atoms with van der Waals surface area (Å²) < 4.78 is 10.4. The first-order valence-electron chi connectivity index (χ1n) is 8.65. The predicted octanol–water partition coefficient (Wildman–Crippen LogP) is 2.54. The van der Waals surface area contributed by atoms with E-state index in [-0.39, 0.29) is 12.2 Å². The number of anilines is 1. The molecule has 0 spiro atoms. The molecule has 28 heavy (non-hydrogen) atoms. The Morgan fingerprint density at radius 3 is 2.50 bits per heavy atom. The summed E-state index contributed by atoms with van der Waals surface area (Å²) in [5.41, 5.74) is 1.41. The number of carbonyl (C=O) groups is 1. The fourth-order valence-electron chi connectivity index (χ4n) is 2.57. The van der Waals surface area contributed by atoms with E-state index in [2.05, 4.69) is 5.32 Å². The molecule has 0 radical (unpaired) electrons. The number of ether oxygens (including phenoxy) is 2. The normalized spacial score (nSPS) is 10.7. The summed E-state index contributed by atoms with van der Waals surface area (Å²) >= 11 is 0. The van der Waals surface area contributed by atoms with Crippen LogP contribution in [0.4, 0.5) is 5.69 Å². The number of aliphatic hydroxyl groups excluding tert-OH is 1. The lowest BCUT2D eigenvalue weighted by Gasteiger charge is -2.20. The Morgan fingerprint density at radius 1 is 1.18 bits per heavy atom. The van der Waals surface area contributed by atoms with Crippen LogP contribution in [0.3, 0.4) is 0 Å². The van der Waals surface area contributed by atoms with Gasteiger partial charge in [-0.1, -0.05) is 30.3 Å². The molecule has 0 fully saturated rings. The second-order valence-electron chi connectivity index (χ2n) is 5.86. The van der Waals surface area contributed by atoms with Gasteiger partial charge in [0.2, 0.25) is 0 Å². The van der Waals surface area contributed by atoms with Gasteiger partial charge in [-0.3, -0.25) is 4.79 Å². The fraction of sp³-hybridized carbons (Fsp3) is 0.238.